The van der Waals surface area contributed by atoms with Gasteiger partial charge in [0.2, 0.25) is 0 Å². The molecule has 3 rings (SSSR count). The van der Waals surface area contributed by atoms with Gasteiger partial charge in [0.15, 0.2) is 0 Å². The van der Waals surface area contributed by atoms with Crippen molar-refractivity contribution in [3.8, 4) is 0 Å². The van der Waals surface area contributed by atoms with Crippen LogP contribution in [0.25, 0.3) is 5.57 Å². The van der Waals surface area contributed by atoms with E-state index in [-0.39, 0.29) is 0 Å². The Hall–Kier alpha value is -2.08. The normalized spacial score (nSPS) is 19.2. The summed E-state index contributed by atoms with van der Waals surface area (Å²) >= 11 is 0. The van der Waals surface area contributed by atoms with Gasteiger partial charge in [-0.25, -0.2) is 0 Å². The van der Waals surface area contributed by atoms with Gasteiger partial charge < -0.3 is 0 Å². The Morgan fingerprint density at radius 3 is 2.06 bits per heavy atom. The van der Waals surface area contributed by atoms with E-state index in [2.05, 4.69) is 85.0 Å². The monoisotopic (exact) mass is 232 g/mol. The van der Waals surface area contributed by atoms with Crippen LogP contribution >= 0.6 is 0 Å². The summed E-state index contributed by atoms with van der Waals surface area (Å²) < 4.78 is 0. The third kappa shape index (κ3) is 2.28. The van der Waals surface area contributed by atoms with Gasteiger partial charge in [-0.3, -0.25) is 0 Å². The minimum absolute atomic E-state index is 0.412. The summed E-state index contributed by atoms with van der Waals surface area (Å²) in [5.74, 6) is 0.845. The zero-order valence-electron chi connectivity index (χ0n) is 10.2. The highest BCUT2D eigenvalue weighted by Gasteiger charge is 2.14. The SMILES string of the molecule is C1=CC(C=C(c2ccccc2)C2C=CC=C2)C=C1. The fraction of sp³-hybridized carbons (Fsp3) is 0.111. The van der Waals surface area contributed by atoms with E-state index in [0.29, 0.717) is 11.8 Å². The summed E-state index contributed by atoms with van der Waals surface area (Å²) in [6, 6.07) is 10.6. The maximum absolute atomic E-state index is 2.36. The van der Waals surface area contributed by atoms with Gasteiger partial charge >= 0.3 is 0 Å². The highest BCUT2D eigenvalue weighted by atomic mass is 14.2. The van der Waals surface area contributed by atoms with E-state index in [1.807, 2.05) is 0 Å². The van der Waals surface area contributed by atoms with Gasteiger partial charge in [0, 0.05) is 11.8 Å². The van der Waals surface area contributed by atoms with E-state index in [1.54, 1.807) is 0 Å². The first-order valence-corrected chi connectivity index (χ1v) is 6.40. The minimum atomic E-state index is 0.412. The third-order valence-corrected chi connectivity index (χ3v) is 3.36. The van der Waals surface area contributed by atoms with Crippen molar-refractivity contribution in [2.45, 2.75) is 0 Å². The Morgan fingerprint density at radius 1 is 0.778 bits per heavy atom. The lowest BCUT2D eigenvalue weighted by molar-refractivity contribution is 1.04. The highest BCUT2D eigenvalue weighted by molar-refractivity contribution is 5.72. The van der Waals surface area contributed by atoms with Crippen molar-refractivity contribution in [3.63, 3.8) is 0 Å². The smallest absolute Gasteiger partial charge is 0.0207 e. The van der Waals surface area contributed by atoms with Gasteiger partial charge in [-0.2, -0.15) is 0 Å². The first-order chi connectivity index (χ1) is 8.93. The summed E-state index contributed by atoms with van der Waals surface area (Å²) in [5.41, 5.74) is 2.70. The molecular formula is C18H16. The van der Waals surface area contributed by atoms with E-state index < -0.39 is 0 Å². The molecule has 0 heterocycles. The summed E-state index contributed by atoms with van der Waals surface area (Å²) in [4.78, 5) is 0. The molecule has 88 valence electrons. The maximum atomic E-state index is 2.36. The molecule has 0 heteroatoms. The Bertz CT molecular complexity index is 529. The van der Waals surface area contributed by atoms with Gasteiger partial charge in [0.1, 0.15) is 0 Å². The van der Waals surface area contributed by atoms with Crippen LogP contribution in [-0.4, -0.2) is 0 Å². The highest BCUT2D eigenvalue weighted by Crippen LogP contribution is 2.30. The quantitative estimate of drug-likeness (QED) is 0.717. The van der Waals surface area contributed by atoms with Crippen LogP contribution in [0.5, 0.6) is 0 Å². The summed E-state index contributed by atoms with van der Waals surface area (Å²) in [6.45, 7) is 0. The Labute approximate surface area is 108 Å². The van der Waals surface area contributed by atoms with Crippen LogP contribution < -0.4 is 0 Å². The summed E-state index contributed by atoms with van der Waals surface area (Å²) in [5, 5.41) is 0. The topological polar surface area (TPSA) is 0 Å². The molecule has 0 nitrogen and oxygen atoms in total. The zero-order chi connectivity index (χ0) is 12.2. The second-order valence-corrected chi connectivity index (χ2v) is 4.63. The van der Waals surface area contributed by atoms with Crippen LogP contribution in [0.4, 0.5) is 0 Å². The number of hydrogen-bond acceptors (Lipinski definition) is 0. The molecule has 0 atom stereocenters. The second kappa shape index (κ2) is 5.05. The molecule has 0 bridgehead atoms. The van der Waals surface area contributed by atoms with Gasteiger partial charge in [-0.1, -0.05) is 85.0 Å². The second-order valence-electron chi connectivity index (χ2n) is 4.63. The molecular weight excluding hydrogens is 216 g/mol. The lowest BCUT2D eigenvalue weighted by atomic mass is 9.90. The number of allylic oxidation sites excluding steroid dienone is 10. The molecule has 0 amide bonds. The molecule has 2 aliphatic carbocycles. The van der Waals surface area contributed by atoms with E-state index in [0.717, 1.165) is 0 Å². The molecule has 1 aromatic carbocycles. The zero-order valence-corrected chi connectivity index (χ0v) is 10.2. The van der Waals surface area contributed by atoms with Crippen molar-refractivity contribution in [1.29, 1.82) is 0 Å². The van der Waals surface area contributed by atoms with Crippen molar-refractivity contribution in [3.05, 3.63) is 90.6 Å². The van der Waals surface area contributed by atoms with Crippen LogP contribution in [0.1, 0.15) is 5.56 Å². The standard InChI is InChI=1S/C18H16/c1-2-10-16(11-3-1)18(17-12-6-7-13-17)14-15-8-4-5-9-15/h1-15,17H. The van der Waals surface area contributed by atoms with E-state index >= 15 is 0 Å². The van der Waals surface area contributed by atoms with Crippen LogP contribution in [0, 0.1) is 11.8 Å². The molecule has 0 unspecified atom stereocenters. The molecule has 1 aromatic rings. The van der Waals surface area contributed by atoms with Crippen LogP contribution in [0.2, 0.25) is 0 Å². The Balaban J connectivity index is 1.98. The molecule has 2 aliphatic rings. The third-order valence-electron chi connectivity index (χ3n) is 3.36. The van der Waals surface area contributed by atoms with E-state index in [4.69, 9.17) is 0 Å². The van der Waals surface area contributed by atoms with Crippen LogP contribution in [-0.2, 0) is 0 Å². The lowest BCUT2D eigenvalue weighted by Crippen LogP contribution is -1.98. The first kappa shape index (κ1) is 11.0. The average molecular weight is 232 g/mol. The number of rotatable bonds is 3. The van der Waals surface area contributed by atoms with Crippen molar-refractivity contribution in [1.82, 2.24) is 0 Å². The summed E-state index contributed by atoms with van der Waals surface area (Å²) in [6.07, 6.45) is 19.8. The fourth-order valence-electron chi connectivity index (χ4n) is 2.44. The van der Waals surface area contributed by atoms with Crippen molar-refractivity contribution >= 4 is 5.57 Å². The predicted octanol–water partition coefficient (Wildman–Crippen LogP) is 4.55. The summed E-state index contributed by atoms with van der Waals surface area (Å²) in [7, 11) is 0. The van der Waals surface area contributed by atoms with E-state index in [1.165, 1.54) is 11.1 Å². The minimum Gasteiger partial charge on any atom is -0.0738 e. The first-order valence-electron chi connectivity index (χ1n) is 6.40. The van der Waals surface area contributed by atoms with Crippen LogP contribution in [0.15, 0.2) is 85.0 Å². The number of hydrogen-bond donors (Lipinski definition) is 0. The molecule has 0 spiro atoms. The largest absolute Gasteiger partial charge is 0.0738 e. The van der Waals surface area contributed by atoms with Gasteiger partial charge in [-0.05, 0) is 11.1 Å². The van der Waals surface area contributed by atoms with Gasteiger partial charge in [0.05, 0.1) is 0 Å². The fourth-order valence-corrected chi connectivity index (χ4v) is 2.44. The lowest BCUT2D eigenvalue weighted by Gasteiger charge is -2.14. The Morgan fingerprint density at radius 2 is 1.39 bits per heavy atom. The predicted molar refractivity (Wildman–Crippen MR) is 78.0 cm³/mol. The molecule has 0 N–H and O–H groups in total. The Kier molecular flexibility index (Phi) is 3.10. The van der Waals surface area contributed by atoms with Gasteiger partial charge in [0.25, 0.3) is 0 Å². The number of benzene rings is 1. The van der Waals surface area contributed by atoms with Crippen molar-refractivity contribution < 1.29 is 0 Å². The molecule has 0 aliphatic heterocycles. The molecule has 0 aromatic heterocycles. The molecule has 0 saturated carbocycles. The van der Waals surface area contributed by atoms with Crippen molar-refractivity contribution in [2.75, 3.05) is 0 Å². The maximum Gasteiger partial charge on any atom is 0.0207 e. The molecule has 0 fully saturated rings. The van der Waals surface area contributed by atoms with Crippen molar-refractivity contribution in [2.24, 2.45) is 11.8 Å². The molecule has 0 radical (unpaired) electrons. The average Bonchev–Trinajstić information content (AvgIpc) is 3.10. The van der Waals surface area contributed by atoms with Gasteiger partial charge in [-0.15, -0.1) is 0 Å². The van der Waals surface area contributed by atoms with E-state index in [9.17, 15) is 0 Å². The molecule has 18 heavy (non-hydrogen) atoms. The molecule has 0 saturated heterocycles. The van der Waals surface area contributed by atoms with Crippen LogP contribution in [0.3, 0.4) is 0 Å².